The van der Waals surface area contributed by atoms with Crippen molar-refractivity contribution in [1.82, 2.24) is 4.98 Å². The average Bonchev–Trinajstić information content (AvgIpc) is 2.75. The van der Waals surface area contributed by atoms with Crippen molar-refractivity contribution in [2.45, 2.75) is 6.92 Å². The summed E-state index contributed by atoms with van der Waals surface area (Å²) < 4.78 is 10.4. The van der Waals surface area contributed by atoms with Crippen LogP contribution in [-0.4, -0.2) is 30.5 Å². The van der Waals surface area contributed by atoms with E-state index >= 15 is 0 Å². The second kappa shape index (κ2) is 7.72. The van der Waals surface area contributed by atoms with Gasteiger partial charge in [0.25, 0.3) is 0 Å². The Morgan fingerprint density at radius 1 is 0.931 bits per heavy atom. The number of esters is 1. The van der Waals surface area contributed by atoms with E-state index in [1.807, 2.05) is 60.7 Å². The molecule has 0 bridgehead atoms. The summed E-state index contributed by atoms with van der Waals surface area (Å²) in [6.45, 7) is 1.13. The minimum absolute atomic E-state index is 0.207. The number of para-hydroxylation sites is 1. The minimum atomic E-state index is -0.537. The minimum Gasteiger partial charge on any atom is -0.497 e. The zero-order valence-corrected chi connectivity index (χ0v) is 16.1. The first-order valence-electron chi connectivity index (χ1n) is 9.19. The normalized spacial score (nSPS) is 10.8. The van der Waals surface area contributed by atoms with Gasteiger partial charge in [-0.1, -0.05) is 36.4 Å². The highest BCUT2D eigenvalue weighted by Crippen LogP contribution is 2.29. The van der Waals surface area contributed by atoms with Crippen LogP contribution in [-0.2, 0) is 9.53 Å². The maximum absolute atomic E-state index is 12.6. The molecular weight excluding hydrogens is 366 g/mol. The van der Waals surface area contributed by atoms with E-state index in [4.69, 9.17) is 14.5 Å². The van der Waals surface area contributed by atoms with Crippen LogP contribution in [0.4, 0.5) is 0 Å². The van der Waals surface area contributed by atoms with E-state index in [1.54, 1.807) is 13.2 Å². The molecule has 5 nitrogen and oxygen atoms in total. The van der Waals surface area contributed by atoms with Crippen molar-refractivity contribution in [2.24, 2.45) is 0 Å². The Kier molecular flexibility index (Phi) is 4.96. The van der Waals surface area contributed by atoms with Crippen molar-refractivity contribution in [1.29, 1.82) is 0 Å². The number of hydrogen-bond donors (Lipinski definition) is 0. The molecular formula is C24H19NO4. The third kappa shape index (κ3) is 3.80. The van der Waals surface area contributed by atoms with Crippen LogP contribution in [0.5, 0.6) is 5.75 Å². The standard InChI is InChI=1S/C24H19NO4/c1-15(26)14-29-24(27)21-13-23(25-22-6-4-3-5-20(21)22)18-8-7-17-12-19(28-2)10-9-16(17)11-18/h3-13H,14H2,1-2H3. The molecule has 0 atom stereocenters. The van der Waals surface area contributed by atoms with E-state index in [1.165, 1.54) is 6.92 Å². The fourth-order valence-electron chi connectivity index (χ4n) is 3.25. The number of benzene rings is 3. The van der Waals surface area contributed by atoms with Gasteiger partial charge < -0.3 is 9.47 Å². The molecule has 0 N–H and O–H groups in total. The van der Waals surface area contributed by atoms with Crippen LogP contribution in [0, 0.1) is 0 Å². The van der Waals surface area contributed by atoms with Crippen LogP contribution in [0.1, 0.15) is 17.3 Å². The number of methoxy groups -OCH3 is 1. The highest BCUT2D eigenvalue weighted by atomic mass is 16.5. The molecule has 29 heavy (non-hydrogen) atoms. The van der Waals surface area contributed by atoms with Crippen molar-refractivity contribution in [3.8, 4) is 17.0 Å². The van der Waals surface area contributed by atoms with Crippen LogP contribution in [0.2, 0.25) is 0 Å². The lowest BCUT2D eigenvalue weighted by atomic mass is 10.0. The van der Waals surface area contributed by atoms with Gasteiger partial charge in [0, 0.05) is 10.9 Å². The number of carbonyl (C=O) groups excluding carboxylic acids is 2. The van der Waals surface area contributed by atoms with Gasteiger partial charge in [-0.25, -0.2) is 9.78 Å². The first-order chi connectivity index (χ1) is 14.0. The SMILES string of the molecule is COc1ccc2cc(-c3cc(C(=O)OCC(C)=O)c4ccccc4n3)ccc2c1. The third-order valence-electron chi connectivity index (χ3n) is 4.69. The highest BCUT2D eigenvalue weighted by Gasteiger charge is 2.16. The van der Waals surface area contributed by atoms with Crippen molar-refractivity contribution in [3.05, 3.63) is 72.3 Å². The Labute approximate surface area is 167 Å². The Bertz CT molecular complexity index is 1250. The molecule has 0 spiro atoms. The number of Topliss-reactive ketones (excluding diaryl/α,β-unsaturated/α-hetero) is 1. The van der Waals surface area contributed by atoms with Gasteiger partial charge >= 0.3 is 5.97 Å². The summed E-state index contributed by atoms with van der Waals surface area (Å²) in [5.74, 6) is 0.0528. The number of aromatic nitrogens is 1. The van der Waals surface area contributed by atoms with Crippen molar-refractivity contribution < 1.29 is 19.1 Å². The van der Waals surface area contributed by atoms with E-state index in [0.717, 1.165) is 22.1 Å². The molecule has 0 amide bonds. The largest absolute Gasteiger partial charge is 0.497 e. The average molecular weight is 385 g/mol. The number of hydrogen-bond acceptors (Lipinski definition) is 5. The van der Waals surface area contributed by atoms with E-state index in [2.05, 4.69) is 0 Å². The second-order valence-electron chi connectivity index (χ2n) is 6.78. The number of carbonyl (C=O) groups is 2. The monoisotopic (exact) mass is 385 g/mol. The molecule has 0 aliphatic heterocycles. The van der Waals surface area contributed by atoms with Crippen LogP contribution >= 0.6 is 0 Å². The zero-order chi connectivity index (χ0) is 20.4. The summed E-state index contributed by atoms with van der Waals surface area (Å²) in [6.07, 6.45) is 0. The lowest BCUT2D eigenvalue weighted by Gasteiger charge is -2.10. The predicted molar refractivity (Wildman–Crippen MR) is 112 cm³/mol. The van der Waals surface area contributed by atoms with Gasteiger partial charge in [-0.15, -0.1) is 0 Å². The molecule has 1 aromatic heterocycles. The fourth-order valence-corrected chi connectivity index (χ4v) is 3.25. The number of fused-ring (bicyclic) bond motifs is 2. The summed E-state index contributed by atoms with van der Waals surface area (Å²) in [7, 11) is 1.64. The molecule has 0 saturated carbocycles. The second-order valence-corrected chi connectivity index (χ2v) is 6.78. The maximum atomic E-state index is 12.6. The number of pyridine rings is 1. The van der Waals surface area contributed by atoms with Crippen molar-refractivity contribution in [2.75, 3.05) is 13.7 Å². The van der Waals surface area contributed by atoms with Crippen LogP contribution in [0.3, 0.4) is 0 Å². The first kappa shape index (κ1) is 18.6. The quantitative estimate of drug-likeness (QED) is 0.461. The lowest BCUT2D eigenvalue weighted by molar-refractivity contribution is -0.120. The zero-order valence-electron chi connectivity index (χ0n) is 16.1. The van der Waals surface area contributed by atoms with Crippen molar-refractivity contribution >= 4 is 33.4 Å². The molecule has 1 heterocycles. The molecule has 0 saturated heterocycles. The fraction of sp³-hybridized carbons (Fsp3) is 0.125. The van der Waals surface area contributed by atoms with Crippen LogP contribution < -0.4 is 4.74 Å². The number of nitrogens with zero attached hydrogens (tertiary/aromatic N) is 1. The number of ether oxygens (including phenoxy) is 2. The van der Waals surface area contributed by atoms with Crippen LogP contribution in [0.15, 0.2) is 66.7 Å². The molecule has 5 heteroatoms. The van der Waals surface area contributed by atoms with E-state index in [0.29, 0.717) is 22.2 Å². The van der Waals surface area contributed by atoms with Gasteiger partial charge in [-0.2, -0.15) is 0 Å². The Balaban J connectivity index is 1.82. The molecule has 4 rings (SSSR count). The molecule has 4 aromatic rings. The van der Waals surface area contributed by atoms with Gasteiger partial charge in [0.2, 0.25) is 0 Å². The van der Waals surface area contributed by atoms with E-state index in [-0.39, 0.29) is 12.4 Å². The third-order valence-corrected chi connectivity index (χ3v) is 4.69. The van der Waals surface area contributed by atoms with Gasteiger partial charge in [-0.05, 0) is 48.0 Å². The molecule has 3 aromatic carbocycles. The van der Waals surface area contributed by atoms with Gasteiger partial charge in [0.1, 0.15) is 12.4 Å². The Hall–Kier alpha value is -3.73. The Morgan fingerprint density at radius 2 is 1.69 bits per heavy atom. The van der Waals surface area contributed by atoms with E-state index < -0.39 is 5.97 Å². The topological polar surface area (TPSA) is 65.5 Å². The summed E-state index contributed by atoms with van der Waals surface area (Å²) in [5.41, 5.74) is 2.63. The van der Waals surface area contributed by atoms with Crippen LogP contribution in [0.25, 0.3) is 32.9 Å². The van der Waals surface area contributed by atoms with E-state index in [9.17, 15) is 9.59 Å². The summed E-state index contributed by atoms with van der Waals surface area (Å²) in [6, 6.07) is 21.0. The first-order valence-corrected chi connectivity index (χ1v) is 9.19. The molecule has 0 unspecified atom stereocenters. The van der Waals surface area contributed by atoms with Gasteiger partial charge in [0.05, 0.1) is 23.9 Å². The highest BCUT2D eigenvalue weighted by molar-refractivity contribution is 6.05. The summed E-state index contributed by atoms with van der Waals surface area (Å²) >= 11 is 0. The smallest absolute Gasteiger partial charge is 0.339 e. The van der Waals surface area contributed by atoms with Gasteiger partial charge in [-0.3, -0.25) is 4.79 Å². The molecule has 0 aliphatic carbocycles. The Morgan fingerprint density at radius 3 is 2.48 bits per heavy atom. The predicted octanol–water partition coefficient (Wildman–Crippen LogP) is 4.81. The molecule has 0 aliphatic rings. The van der Waals surface area contributed by atoms with Gasteiger partial charge in [0.15, 0.2) is 5.78 Å². The summed E-state index contributed by atoms with van der Waals surface area (Å²) in [4.78, 5) is 28.5. The molecule has 144 valence electrons. The maximum Gasteiger partial charge on any atom is 0.339 e. The number of rotatable bonds is 5. The number of ketones is 1. The summed E-state index contributed by atoms with van der Waals surface area (Å²) in [5, 5.41) is 2.78. The molecule has 0 radical (unpaired) electrons. The molecule has 0 fully saturated rings. The van der Waals surface area contributed by atoms with Crippen molar-refractivity contribution in [3.63, 3.8) is 0 Å². The lowest BCUT2D eigenvalue weighted by Crippen LogP contribution is -2.12.